The first-order valence-electron chi connectivity index (χ1n) is 11.4. The number of hydrogen-bond donors (Lipinski definition) is 0. The van der Waals surface area contributed by atoms with Crippen molar-refractivity contribution in [2.75, 3.05) is 0 Å². The summed E-state index contributed by atoms with van der Waals surface area (Å²) in [4.78, 5) is 38.0. The number of hydrogen-bond acceptors (Lipinski definition) is 6. The van der Waals surface area contributed by atoms with Crippen LogP contribution in [0.15, 0.2) is 83.8 Å². The molecule has 0 unspecified atom stereocenters. The molecule has 0 radical (unpaired) electrons. The Bertz CT molecular complexity index is 1590. The van der Waals surface area contributed by atoms with Gasteiger partial charge in [0.1, 0.15) is 12.4 Å². The van der Waals surface area contributed by atoms with E-state index in [0.717, 1.165) is 46.4 Å². The Morgan fingerprint density at radius 1 is 0.947 bits per heavy atom. The Hall–Kier alpha value is -2.97. The number of nitro groups is 1. The van der Waals surface area contributed by atoms with Crippen molar-refractivity contribution in [3.8, 4) is 5.75 Å². The van der Waals surface area contributed by atoms with Crippen LogP contribution in [0.5, 0.6) is 5.75 Å². The van der Waals surface area contributed by atoms with Crippen LogP contribution >= 0.6 is 56.9 Å². The molecule has 0 saturated carbocycles. The Balaban J connectivity index is 1.31. The number of ether oxygens (including phenoxy) is 1. The SMILES string of the molecule is O=C1S/C(=C/c2cc(I)c(OCc3ccc([N+](=O)[O-])cc3)c(I)c2)C(=O)N1Cc1cccc2ccccc12. The summed E-state index contributed by atoms with van der Waals surface area (Å²) in [5.41, 5.74) is 2.55. The molecule has 38 heavy (non-hydrogen) atoms. The number of halogens is 2. The number of carbonyl (C=O) groups excluding carboxylic acids is 2. The Labute approximate surface area is 249 Å². The van der Waals surface area contributed by atoms with Crippen molar-refractivity contribution in [3.05, 3.63) is 118 Å². The van der Waals surface area contributed by atoms with E-state index in [0.29, 0.717) is 10.7 Å². The van der Waals surface area contributed by atoms with Gasteiger partial charge in [-0.15, -0.1) is 0 Å². The average Bonchev–Trinajstić information content (AvgIpc) is 3.16. The van der Waals surface area contributed by atoms with Gasteiger partial charge in [-0.2, -0.15) is 0 Å². The predicted molar refractivity (Wildman–Crippen MR) is 165 cm³/mol. The molecule has 1 aliphatic rings. The van der Waals surface area contributed by atoms with Crippen molar-refractivity contribution in [1.29, 1.82) is 0 Å². The zero-order chi connectivity index (χ0) is 26.8. The number of nitrogens with zero attached hydrogens (tertiary/aromatic N) is 2. The van der Waals surface area contributed by atoms with Crippen LogP contribution in [0, 0.1) is 17.3 Å². The van der Waals surface area contributed by atoms with Gasteiger partial charge >= 0.3 is 0 Å². The van der Waals surface area contributed by atoms with Gasteiger partial charge in [0.2, 0.25) is 0 Å². The molecule has 4 aromatic rings. The van der Waals surface area contributed by atoms with Gasteiger partial charge in [0.15, 0.2) is 0 Å². The summed E-state index contributed by atoms with van der Waals surface area (Å²) in [5.74, 6) is 0.377. The summed E-state index contributed by atoms with van der Waals surface area (Å²) >= 11 is 5.29. The minimum absolute atomic E-state index is 0.0313. The van der Waals surface area contributed by atoms with Crippen LogP contribution in [0.2, 0.25) is 0 Å². The zero-order valence-corrected chi connectivity index (χ0v) is 24.7. The van der Waals surface area contributed by atoms with Gasteiger partial charge in [-0.3, -0.25) is 24.6 Å². The minimum atomic E-state index is -0.437. The van der Waals surface area contributed by atoms with Crippen molar-refractivity contribution in [3.63, 3.8) is 0 Å². The van der Waals surface area contributed by atoms with Crippen LogP contribution < -0.4 is 4.74 Å². The summed E-state index contributed by atoms with van der Waals surface area (Å²) in [6.45, 7) is 0.476. The first-order valence-corrected chi connectivity index (χ1v) is 14.3. The fraction of sp³-hybridized carbons (Fsp3) is 0.0714. The normalized spacial score (nSPS) is 14.5. The first kappa shape index (κ1) is 26.6. The fourth-order valence-electron chi connectivity index (χ4n) is 4.06. The summed E-state index contributed by atoms with van der Waals surface area (Å²) in [7, 11) is 0. The van der Waals surface area contributed by atoms with Crippen molar-refractivity contribution in [1.82, 2.24) is 4.90 Å². The van der Waals surface area contributed by atoms with E-state index in [-0.39, 0.29) is 30.0 Å². The van der Waals surface area contributed by atoms with E-state index in [1.807, 2.05) is 54.6 Å². The number of amides is 2. The molecule has 0 spiro atoms. The molecular weight excluding hydrogens is 730 g/mol. The quantitative estimate of drug-likeness (QED) is 0.0831. The lowest BCUT2D eigenvalue weighted by atomic mass is 10.0. The molecule has 4 aromatic carbocycles. The molecule has 7 nitrogen and oxygen atoms in total. The van der Waals surface area contributed by atoms with E-state index < -0.39 is 4.92 Å². The summed E-state index contributed by atoms with van der Waals surface area (Å²) < 4.78 is 7.69. The van der Waals surface area contributed by atoms with E-state index in [4.69, 9.17) is 4.74 Å². The van der Waals surface area contributed by atoms with Crippen molar-refractivity contribution in [2.24, 2.45) is 0 Å². The van der Waals surface area contributed by atoms with Crippen LogP contribution in [-0.4, -0.2) is 21.0 Å². The first-order chi connectivity index (χ1) is 18.3. The highest BCUT2D eigenvalue weighted by atomic mass is 127. The summed E-state index contributed by atoms with van der Waals surface area (Å²) in [5, 5.41) is 12.6. The van der Waals surface area contributed by atoms with Crippen molar-refractivity contribution in [2.45, 2.75) is 13.2 Å². The van der Waals surface area contributed by atoms with Crippen LogP contribution in [-0.2, 0) is 17.9 Å². The van der Waals surface area contributed by atoms with E-state index in [2.05, 4.69) is 45.2 Å². The minimum Gasteiger partial charge on any atom is -0.487 e. The highest BCUT2D eigenvalue weighted by molar-refractivity contribution is 14.1. The number of carbonyl (C=O) groups is 2. The number of non-ortho nitro benzene ring substituents is 1. The fourth-order valence-corrected chi connectivity index (χ4v) is 7.02. The van der Waals surface area contributed by atoms with Crippen LogP contribution in [0.3, 0.4) is 0 Å². The number of rotatable bonds is 7. The van der Waals surface area contributed by atoms with E-state index in [1.54, 1.807) is 18.2 Å². The molecule has 1 aliphatic heterocycles. The Kier molecular flexibility index (Phi) is 8.00. The molecule has 0 aliphatic carbocycles. The smallest absolute Gasteiger partial charge is 0.293 e. The maximum Gasteiger partial charge on any atom is 0.293 e. The molecule has 1 saturated heterocycles. The summed E-state index contributed by atoms with van der Waals surface area (Å²) in [6.07, 6.45) is 1.73. The number of nitro benzene ring substituents is 1. The lowest BCUT2D eigenvalue weighted by molar-refractivity contribution is -0.384. The van der Waals surface area contributed by atoms with Crippen molar-refractivity contribution >= 4 is 90.6 Å². The number of imide groups is 1. The average molecular weight is 748 g/mol. The van der Waals surface area contributed by atoms with Gasteiger partial charge in [-0.25, -0.2) is 0 Å². The third kappa shape index (κ3) is 5.71. The van der Waals surface area contributed by atoms with Gasteiger partial charge in [0, 0.05) is 12.1 Å². The lowest BCUT2D eigenvalue weighted by Crippen LogP contribution is -2.27. The number of benzene rings is 4. The van der Waals surface area contributed by atoms with E-state index in [9.17, 15) is 19.7 Å². The molecule has 1 heterocycles. The largest absolute Gasteiger partial charge is 0.487 e. The second kappa shape index (κ2) is 11.4. The molecule has 0 atom stereocenters. The van der Waals surface area contributed by atoms with Crippen LogP contribution in [0.25, 0.3) is 16.8 Å². The molecule has 190 valence electrons. The molecule has 0 bridgehead atoms. The molecular formula is C28H18I2N2O5S. The molecule has 0 aromatic heterocycles. The summed E-state index contributed by atoms with van der Waals surface area (Å²) in [6, 6.07) is 23.8. The molecule has 2 amide bonds. The third-order valence-electron chi connectivity index (χ3n) is 5.93. The third-order valence-corrected chi connectivity index (χ3v) is 8.44. The Morgan fingerprint density at radius 3 is 2.34 bits per heavy atom. The van der Waals surface area contributed by atoms with E-state index >= 15 is 0 Å². The molecule has 5 rings (SSSR count). The molecule has 1 fully saturated rings. The highest BCUT2D eigenvalue weighted by Crippen LogP contribution is 2.36. The molecule has 10 heteroatoms. The predicted octanol–water partition coefficient (Wildman–Crippen LogP) is 7.77. The van der Waals surface area contributed by atoms with Crippen molar-refractivity contribution < 1.29 is 19.2 Å². The maximum atomic E-state index is 13.2. The monoisotopic (exact) mass is 748 g/mol. The second-order valence-corrected chi connectivity index (χ2v) is 11.7. The van der Waals surface area contributed by atoms with Gasteiger partial charge in [-0.1, -0.05) is 42.5 Å². The Morgan fingerprint density at radius 2 is 1.63 bits per heavy atom. The van der Waals surface area contributed by atoms with Gasteiger partial charge < -0.3 is 4.74 Å². The maximum absolute atomic E-state index is 13.2. The zero-order valence-electron chi connectivity index (χ0n) is 19.6. The lowest BCUT2D eigenvalue weighted by Gasteiger charge is -2.14. The molecule has 0 N–H and O–H groups in total. The topological polar surface area (TPSA) is 89.7 Å². The number of thioether (sulfide) groups is 1. The second-order valence-electron chi connectivity index (χ2n) is 8.43. The van der Waals surface area contributed by atoms with Gasteiger partial charge in [-0.05, 0) is 115 Å². The highest BCUT2D eigenvalue weighted by Gasteiger charge is 2.35. The van der Waals surface area contributed by atoms with E-state index in [1.165, 1.54) is 17.0 Å². The van der Waals surface area contributed by atoms with Gasteiger partial charge in [0.25, 0.3) is 16.8 Å². The number of fused-ring (bicyclic) bond motifs is 1. The van der Waals surface area contributed by atoms with Gasteiger partial charge in [0.05, 0.1) is 23.5 Å². The van der Waals surface area contributed by atoms with Crippen LogP contribution in [0.4, 0.5) is 10.5 Å². The van der Waals surface area contributed by atoms with Crippen LogP contribution in [0.1, 0.15) is 16.7 Å². The standard InChI is InChI=1S/C28H18I2N2O5S/c29-23-12-18(13-24(30)26(23)37-16-17-8-10-21(11-9-17)32(35)36)14-25-27(33)31(28(34)38-25)15-20-6-3-5-19-4-1-2-7-22(19)20/h1-14H,15-16H2/b25-14+.